The van der Waals surface area contributed by atoms with Crippen molar-refractivity contribution in [1.82, 2.24) is 15.3 Å². The van der Waals surface area contributed by atoms with Gasteiger partial charge in [0.1, 0.15) is 12.1 Å². The molecule has 1 aromatic heterocycles. The molecule has 6 heteroatoms. The second-order valence-corrected chi connectivity index (χ2v) is 7.54. The fourth-order valence-electron chi connectivity index (χ4n) is 3.11. The first-order valence-electron chi connectivity index (χ1n) is 9.86. The van der Waals surface area contributed by atoms with Crippen molar-refractivity contribution >= 4 is 29.0 Å². The number of nitrogens with zero attached hydrogens (tertiary/aromatic N) is 2. The van der Waals surface area contributed by atoms with Crippen LogP contribution in [0.4, 0.5) is 11.5 Å². The maximum absolute atomic E-state index is 12.6. The molecular weight excluding hydrogens is 408 g/mol. The van der Waals surface area contributed by atoms with E-state index in [0.717, 1.165) is 22.5 Å². The third-order valence-electron chi connectivity index (χ3n) is 4.81. The zero-order chi connectivity index (χ0) is 21.6. The number of amides is 1. The van der Waals surface area contributed by atoms with Gasteiger partial charge in [-0.2, -0.15) is 0 Å². The van der Waals surface area contributed by atoms with E-state index in [1.165, 1.54) is 11.9 Å². The van der Waals surface area contributed by atoms with Crippen molar-refractivity contribution < 1.29 is 4.79 Å². The van der Waals surface area contributed by atoms with Gasteiger partial charge in [0.15, 0.2) is 0 Å². The summed E-state index contributed by atoms with van der Waals surface area (Å²) in [5.41, 5.74) is 5.22. The van der Waals surface area contributed by atoms with Gasteiger partial charge in [-0.25, -0.2) is 9.97 Å². The zero-order valence-electron chi connectivity index (χ0n) is 17.0. The third-order valence-corrected chi connectivity index (χ3v) is 5.18. The van der Waals surface area contributed by atoms with E-state index in [4.69, 9.17) is 11.6 Å². The maximum atomic E-state index is 12.6. The molecule has 4 rings (SSSR count). The van der Waals surface area contributed by atoms with Crippen LogP contribution in [0.2, 0.25) is 5.02 Å². The molecule has 0 saturated carbocycles. The Morgan fingerprint density at radius 1 is 0.935 bits per heavy atom. The molecule has 0 radical (unpaired) electrons. The third kappa shape index (κ3) is 5.27. The Morgan fingerprint density at radius 3 is 2.55 bits per heavy atom. The van der Waals surface area contributed by atoms with Crippen molar-refractivity contribution in [3.8, 4) is 11.3 Å². The van der Waals surface area contributed by atoms with Gasteiger partial charge in [0.05, 0.1) is 5.69 Å². The van der Waals surface area contributed by atoms with Crippen LogP contribution < -0.4 is 10.6 Å². The van der Waals surface area contributed by atoms with Crippen LogP contribution in [0.5, 0.6) is 0 Å². The zero-order valence-corrected chi connectivity index (χ0v) is 17.7. The van der Waals surface area contributed by atoms with E-state index in [9.17, 15) is 4.79 Å². The van der Waals surface area contributed by atoms with Crippen molar-refractivity contribution in [3.63, 3.8) is 0 Å². The van der Waals surface area contributed by atoms with E-state index >= 15 is 0 Å². The lowest BCUT2D eigenvalue weighted by atomic mass is 10.1. The number of hydrogen-bond donors (Lipinski definition) is 2. The number of nitrogens with one attached hydrogen (secondary N) is 2. The summed E-state index contributed by atoms with van der Waals surface area (Å²) in [6, 6.07) is 24.8. The van der Waals surface area contributed by atoms with E-state index in [1.54, 1.807) is 18.2 Å². The second kappa shape index (κ2) is 9.41. The van der Waals surface area contributed by atoms with Gasteiger partial charge in [-0.05, 0) is 36.8 Å². The van der Waals surface area contributed by atoms with Crippen molar-refractivity contribution in [2.45, 2.75) is 13.5 Å². The smallest absolute Gasteiger partial charge is 0.251 e. The molecule has 0 spiro atoms. The predicted molar refractivity (Wildman–Crippen MR) is 125 cm³/mol. The molecule has 0 saturated heterocycles. The van der Waals surface area contributed by atoms with Crippen LogP contribution in [-0.2, 0) is 6.54 Å². The van der Waals surface area contributed by atoms with Crippen molar-refractivity contribution in [2.75, 3.05) is 5.32 Å². The standard InChI is InChI=1S/C25H21ClN4O/c1-17-9-11-18(12-10-17)23-14-24(29-16-28-23)30-21-7-4-6-19(13-21)25(31)27-15-20-5-2-3-8-22(20)26/h2-14,16H,15H2,1H3,(H,27,31)(H,28,29,30). The van der Waals surface area contributed by atoms with Gasteiger partial charge in [-0.3, -0.25) is 4.79 Å². The highest BCUT2D eigenvalue weighted by Crippen LogP contribution is 2.22. The lowest BCUT2D eigenvalue weighted by Gasteiger charge is -2.10. The Morgan fingerprint density at radius 2 is 1.74 bits per heavy atom. The molecule has 0 fully saturated rings. The van der Waals surface area contributed by atoms with E-state index in [2.05, 4.69) is 32.7 Å². The fraction of sp³-hybridized carbons (Fsp3) is 0.0800. The Bertz CT molecular complexity index is 1210. The Hall–Kier alpha value is -3.70. The topological polar surface area (TPSA) is 66.9 Å². The molecular formula is C25H21ClN4O. The fourth-order valence-corrected chi connectivity index (χ4v) is 3.32. The first-order chi connectivity index (χ1) is 15.1. The molecule has 0 unspecified atom stereocenters. The summed E-state index contributed by atoms with van der Waals surface area (Å²) in [6.07, 6.45) is 1.53. The number of halogens is 1. The lowest BCUT2D eigenvalue weighted by Crippen LogP contribution is -2.22. The highest BCUT2D eigenvalue weighted by molar-refractivity contribution is 6.31. The Labute approximate surface area is 186 Å². The molecule has 0 aliphatic rings. The highest BCUT2D eigenvalue weighted by atomic mass is 35.5. The molecule has 1 amide bonds. The van der Waals surface area contributed by atoms with Crippen molar-refractivity contribution in [3.05, 3.63) is 107 Å². The van der Waals surface area contributed by atoms with Crippen LogP contribution >= 0.6 is 11.6 Å². The number of benzene rings is 3. The summed E-state index contributed by atoms with van der Waals surface area (Å²) in [6.45, 7) is 2.41. The van der Waals surface area contributed by atoms with Crippen LogP contribution in [0.3, 0.4) is 0 Å². The van der Waals surface area contributed by atoms with Gasteiger partial charge in [0.2, 0.25) is 0 Å². The summed E-state index contributed by atoms with van der Waals surface area (Å²) in [4.78, 5) is 21.3. The molecule has 0 aliphatic heterocycles. The summed E-state index contributed by atoms with van der Waals surface area (Å²) in [7, 11) is 0. The van der Waals surface area contributed by atoms with Crippen molar-refractivity contribution in [2.24, 2.45) is 0 Å². The maximum Gasteiger partial charge on any atom is 0.251 e. The minimum atomic E-state index is -0.174. The monoisotopic (exact) mass is 428 g/mol. The molecule has 2 N–H and O–H groups in total. The van der Waals surface area contributed by atoms with Gasteiger partial charge in [0.25, 0.3) is 5.91 Å². The number of rotatable bonds is 6. The SMILES string of the molecule is Cc1ccc(-c2cc(Nc3cccc(C(=O)NCc4ccccc4Cl)c3)ncn2)cc1. The Kier molecular flexibility index (Phi) is 6.24. The average Bonchev–Trinajstić information content (AvgIpc) is 2.79. The number of anilines is 2. The van der Waals surface area contributed by atoms with Crippen LogP contribution in [0.1, 0.15) is 21.5 Å². The normalized spacial score (nSPS) is 10.5. The molecule has 1 heterocycles. The molecule has 0 atom stereocenters. The van der Waals surface area contributed by atoms with Crippen LogP contribution in [0.15, 0.2) is 85.2 Å². The summed E-state index contributed by atoms with van der Waals surface area (Å²) in [5.74, 6) is 0.478. The minimum absolute atomic E-state index is 0.174. The number of aromatic nitrogens is 2. The first kappa shape index (κ1) is 20.6. The number of hydrogen-bond acceptors (Lipinski definition) is 4. The number of aryl methyl sites for hydroxylation is 1. The van der Waals surface area contributed by atoms with Crippen LogP contribution in [0, 0.1) is 6.92 Å². The second-order valence-electron chi connectivity index (χ2n) is 7.13. The molecule has 4 aromatic rings. The number of carbonyl (C=O) groups is 1. The molecule has 0 aliphatic carbocycles. The molecule has 154 valence electrons. The molecule has 5 nitrogen and oxygen atoms in total. The lowest BCUT2D eigenvalue weighted by molar-refractivity contribution is 0.0951. The summed E-state index contributed by atoms with van der Waals surface area (Å²) < 4.78 is 0. The van der Waals surface area contributed by atoms with E-state index < -0.39 is 0 Å². The van der Waals surface area contributed by atoms with Crippen molar-refractivity contribution in [1.29, 1.82) is 0 Å². The van der Waals surface area contributed by atoms with E-state index in [0.29, 0.717) is 22.9 Å². The number of carbonyl (C=O) groups excluding carboxylic acids is 1. The molecule has 0 bridgehead atoms. The van der Waals surface area contributed by atoms with E-state index in [-0.39, 0.29) is 5.91 Å². The largest absolute Gasteiger partial charge is 0.348 e. The van der Waals surface area contributed by atoms with Gasteiger partial charge < -0.3 is 10.6 Å². The highest BCUT2D eigenvalue weighted by Gasteiger charge is 2.08. The Balaban J connectivity index is 1.46. The van der Waals surface area contributed by atoms with E-state index in [1.807, 2.05) is 55.5 Å². The summed E-state index contributed by atoms with van der Waals surface area (Å²) >= 11 is 6.16. The van der Waals surface area contributed by atoms with Crippen LogP contribution in [-0.4, -0.2) is 15.9 Å². The molecule has 31 heavy (non-hydrogen) atoms. The summed E-state index contributed by atoms with van der Waals surface area (Å²) in [5, 5.41) is 6.79. The van der Waals surface area contributed by atoms with Gasteiger partial charge in [0, 0.05) is 34.4 Å². The first-order valence-corrected chi connectivity index (χ1v) is 10.2. The predicted octanol–water partition coefficient (Wildman–Crippen LogP) is 5.78. The molecule has 3 aromatic carbocycles. The van der Waals surface area contributed by atoms with Gasteiger partial charge in [-0.15, -0.1) is 0 Å². The van der Waals surface area contributed by atoms with Gasteiger partial charge in [-0.1, -0.05) is 65.7 Å². The van der Waals surface area contributed by atoms with Crippen LogP contribution in [0.25, 0.3) is 11.3 Å². The minimum Gasteiger partial charge on any atom is -0.348 e. The average molecular weight is 429 g/mol. The quantitative estimate of drug-likeness (QED) is 0.408. The van der Waals surface area contributed by atoms with Gasteiger partial charge >= 0.3 is 0 Å².